The minimum absolute atomic E-state index is 0.140. The summed E-state index contributed by atoms with van der Waals surface area (Å²) < 4.78 is 38.1. The van der Waals surface area contributed by atoms with Gasteiger partial charge in [-0.1, -0.05) is 17.7 Å². The number of hydrogen-bond acceptors (Lipinski definition) is 1. The average Bonchev–Trinajstić information content (AvgIpc) is 2.98. The van der Waals surface area contributed by atoms with Crippen LogP contribution in [0, 0.1) is 0 Å². The molecule has 0 radical (unpaired) electrons. The van der Waals surface area contributed by atoms with Crippen molar-refractivity contribution in [1.82, 2.24) is 0 Å². The molecule has 1 aromatic carbocycles. The summed E-state index contributed by atoms with van der Waals surface area (Å²) in [7, 11) is 0. The van der Waals surface area contributed by atoms with E-state index >= 15 is 0 Å². The van der Waals surface area contributed by atoms with Gasteiger partial charge in [-0.3, -0.25) is 0 Å². The summed E-state index contributed by atoms with van der Waals surface area (Å²) in [5.41, 5.74) is 5.32. The van der Waals surface area contributed by atoms with Gasteiger partial charge in [0.25, 0.3) is 0 Å². The zero-order chi connectivity index (χ0) is 12.7. The minimum atomic E-state index is -4.40. The first-order valence-corrected chi connectivity index (χ1v) is 5.84. The van der Waals surface area contributed by atoms with Crippen LogP contribution < -0.4 is 5.73 Å². The van der Waals surface area contributed by atoms with Crippen molar-refractivity contribution >= 4 is 11.6 Å². The second kappa shape index (κ2) is 4.18. The maximum absolute atomic E-state index is 12.7. The predicted octanol–water partition coefficient (Wildman–Crippen LogP) is 3.74. The Morgan fingerprint density at radius 1 is 1.29 bits per heavy atom. The van der Waals surface area contributed by atoms with Crippen LogP contribution in [0.25, 0.3) is 0 Å². The van der Waals surface area contributed by atoms with Gasteiger partial charge >= 0.3 is 6.18 Å². The monoisotopic (exact) mass is 263 g/mol. The van der Waals surface area contributed by atoms with Crippen molar-refractivity contribution in [2.45, 2.75) is 30.9 Å². The molecular formula is C12H13ClF3N. The Morgan fingerprint density at radius 2 is 1.94 bits per heavy atom. The van der Waals surface area contributed by atoms with E-state index in [1.807, 2.05) is 0 Å². The fourth-order valence-corrected chi connectivity index (χ4v) is 2.41. The van der Waals surface area contributed by atoms with Gasteiger partial charge in [-0.05, 0) is 48.9 Å². The second-order valence-electron chi connectivity index (χ2n) is 4.51. The Hall–Kier alpha value is -0.740. The number of alkyl halides is 3. The molecule has 2 N–H and O–H groups in total. The van der Waals surface area contributed by atoms with Gasteiger partial charge in [-0.15, -0.1) is 0 Å². The molecule has 0 bridgehead atoms. The van der Waals surface area contributed by atoms with E-state index in [0.717, 1.165) is 19.3 Å². The van der Waals surface area contributed by atoms with Crippen molar-refractivity contribution in [1.29, 1.82) is 0 Å². The van der Waals surface area contributed by atoms with E-state index in [1.165, 1.54) is 12.1 Å². The predicted molar refractivity (Wildman–Crippen MR) is 61.0 cm³/mol. The lowest BCUT2D eigenvalue weighted by atomic mass is 9.91. The molecule has 0 aliphatic heterocycles. The van der Waals surface area contributed by atoms with Gasteiger partial charge in [-0.25, -0.2) is 0 Å². The fraction of sp³-hybridized carbons (Fsp3) is 0.500. The van der Waals surface area contributed by atoms with Gasteiger partial charge in [0.05, 0.1) is 10.6 Å². The summed E-state index contributed by atoms with van der Waals surface area (Å²) in [6, 6.07) is 4.18. The maximum Gasteiger partial charge on any atom is 0.417 e. The van der Waals surface area contributed by atoms with Crippen LogP contribution in [-0.4, -0.2) is 6.54 Å². The summed E-state index contributed by atoms with van der Waals surface area (Å²) in [5, 5.41) is -0.246. The van der Waals surface area contributed by atoms with Crippen LogP contribution in [0.5, 0.6) is 0 Å². The fourth-order valence-electron chi connectivity index (χ4n) is 2.18. The van der Waals surface area contributed by atoms with E-state index in [2.05, 4.69) is 0 Å². The third-order valence-electron chi connectivity index (χ3n) is 3.36. The highest BCUT2D eigenvalue weighted by Crippen LogP contribution is 2.52. The topological polar surface area (TPSA) is 26.0 Å². The Morgan fingerprint density at radius 3 is 2.41 bits per heavy atom. The number of rotatable bonds is 3. The largest absolute Gasteiger partial charge is 0.417 e. The summed E-state index contributed by atoms with van der Waals surface area (Å²) in [5.74, 6) is 0. The molecule has 1 fully saturated rings. The molecule has 2 rings (SSSR count). The van der Waals surface area contributed by atoms with Crippen molar-refractivity contribution in [2.24, 2.45) is 5.73 Å². The lowest BCUT2D eigenvalue weighted by Gasteiger charge is -2.17. The van der Waals surface area contributed by atoms with Crippen LogP contribution in [-0.2, 0) is 11.6 Å². The molecule has 0 heterocycles. The molecule has 0 atom stereocenters. The number of benzene rings is 1. The molecule has 1 aliphatic rings. The van der Waals surface area contributed by atoms with Crippen LogP contribution in [0.2, 0.25) is 5.02 Å². The molecule has 0 unspecified atom stereocenters. The average molecular weight is 264 g/mol. The van der Waals surface area contributed by atoms with Crippen LogP contribution in [0.3, 0.4) is 0 Å². The first-order chi connectivity index (χ1) is 7.89. The molecule has 0 saturated heterocycles. The van der Waals surface area contributed by atoms with Crippen LogP contribution in [0.1, 0.15) is 30.4 Å². The normalized spacial score (nSPS) is 18.2. The highest BCUT2D eigenvalue weighted by molar-refractivity contribution is 6.31. The lowest BCUT2D eigenvalue weighted by molar-refractivity contribution is -0.137. The van der Waals surface area contributed by atoms with Crippen molar-refractivity contribution < 1.29 is 13.2 Å². The zero-order valence-corrected chi connectivity index (χ0v) is 9.91. The Kier molecular flexibility index (Phi) is 3.12. The van der Waals surface area contributed by atoms with Crippen molar-refractivity contribution in [3.8, 4) is 0 Å². The van der Waals surface area contributed by atoms with E-state index in [1.54, 1.807) is 6.07 Å². The Balaban J connectivity index is 2.38. The second-order valence-corrected chi connectivity index (χ2v) is 4.92. The van der Waals surface area contributed by atoms with E-state index in [0.29, 0.717) is 12.1 Å². The van der Waals surface area contributed by atoms with Gasteiger partial charge in [-0.2, -0.15) is 13.2 Å². The molecule has 0 spiro atoms. The number of halogens is 4. The van der Waals surface area contributed by atoms with E-state index < -0.39 is 11.7 Å². The van der Waals surface area contributed by atoms with E-state index in [4.69, 9.17) is 17.3 Å². The van der Waals surface area contributed by atoms with Gasteiger partial charge in [0.15, 0.2) is 0 Å². The third kappa shape index (κ3) is 2.43. The number of hydrogen-bond donors (Lipinski definition) is 1. The molecule has 5 heteroatoms. The first-order valence-electron chi connectivity index (χ1n) is 5.46. The molecular weight excluding hydrogens is 251 g/mol. The van der Waals surface area contributed by atoms with Crippen LogP contribution in [0.15, 0.2) is 18.2 Å². The van der Waals surface area contributed by atoms with Gasteiger partial charge < -0.3 is 5.73 Å². The van der Waals surface area contributed by atoms with Gasteiger partial charge in [0.1, 0.15) is 0 Å². The zero-order valence-electron chi connectivity index (χ0n) is 9.15. The smallest absolute Gasteiger partial charge is 0.330 e. The molecule has 1 saturated carbocycles. The minimum Gasteiger partial charge on any atom is -0.330 e. The van der Waals surface area contributed by atoms with E-state index in [9.17, 15) is 13.2 Å². The van der Waals surface area contributed by atoms with Crippen LogP contribution in [0.4, 0.5) is 13.2 Å². The first kappa shape index (κ1) is 12.7. The van der Waals surface area contributed by atoms with Gasteiger partial charge in [0.2, 0.25) is 0 Å². The molecule has 1 aromatic rings. The van der Waals surface area contributed by atoms with Crippen molar-refractivity contribution in [3.05, 3.63) is 34.3 Å². The molecule has 1 aliphatic carbocycles. The molecule has 94 valence electrons. The quantitative estimate of drug-likeness (QED) is 0.883. The lowest BCUT2D eigenvalue weighted by Crippen LogP contribution is -2.15. The third-order valence-corrected chi connectivity index (χ3v) is 3.69. The summed E-state index contributed by atoms with van der Waals surface area (Å²) >= 11 is 5.58. The van der Waals surface area contributed by atoms with Gasteiger partial charge in [0, 0.05) is 0 Å². The van der Waals surface area contributed by atoms with E-state index in [-0.39, 0.29) is 10.4 Å². The molecule has 17 heavy (non-hydrogen) atoms. The van der Waals surface area contributed by atoms with Crippen molar-refractivity contribution in [3.63, 3.8) is 0 Å². The number of nitrogens with two attached hydrogens (primary N) is 1. The summed E-state index contributed by atoms with van der Waals surface area (Å²) in [4.78, 5) is 0. The standard InChI is InChI=1S/C12H13ClF3N/c13-10-2-1-8(7-9(10)12(14,15)16)11(3-4-11)5-6-17/h1-2,7H,3-6,17H2. The molecule has 0 aromatic heterocycles. The SMILES string of the molecule is NCCC1(c2ccc(Cl)c(C(F)(F)F)c2)CC1. The van der Waals surface area contributed by atoms with Crippen LogP contribution >= 0.6 is 11.6 Å². The summed E-state index contributed by atoms with van der Waals surface area (Å²) in [6.45, 7) is 0.490. The molecule has 1 nitrogen and oxygen atoms in total. The highest BCUT2D eigenvalue weighted by Gasteiger charge is 2.44. The molecule has 0 amide bonds. The summed E-state index contributed by atoms with van der Waals surface area (Å²) in [6.07, 6.45) is -1.86. The maximum atomic E-state index is 12.7. The van der Waals surface area contributed by atoms with Crippen molar-refractivity contribution in [2.75, 3.05) is 6.54 Å². The Bertz CT molecular complexity index is 424. The highest BCUT2D eigenvalue weighted by atomic mass is 35.5. The Labute approximate surface area is 103 Å².